The Bertz CT molecular complexity index is 661. The molecule has 2 rings (SSSR count). The molecule has 0 bridgehead atoms. The van der Waals surface area contributed by atoms with E-state index in [0.717, 1.165) is 5.69 Å². The molecule has 7 heteroatoms. The van der Waals surface area contributed by atoms with Crippen LogP contribution in [0.3, 0.4) is 0 Å². The first-order valence-electron chi connectivity index (χ1n) is 5.79. The Balaban J connectivity index is 2.32. The quantitative estimate of drug-likeness (QED) is 0.845. The highest BCUT2D eigenvalue weighted by atomic mass is 35.5. The van der Waals surface area contributed by atoms with Crippen molar-refractivity contribution in [2.75, 3.05) is 17.7 Å². The van der Waals surface area contributed by atoms with E-state index in [4.69, 9.17) is 23.2 Å². The van der Waals surface area contributed by atoms with Crippen molar-refractivity contribution in [2.45, 2.75) is 6.92 Å². The third-order valence-corrected chi connectivity index (χ3v) is 3.08. The van der Waals surface area contributed by atoms with Gasteiger partial charge in [-0.15, -0.1) is 0 Å². The van der Waals surface area contributed by atoms with Gasteiger partial charge in [0.15, 0.2) is 0 Å². The molecule has 1 aromatic heterocycles. The number of aryl methyl sites for hydroxylation is 1. The number of aromatic nitrogens is 2. The smallest absolute Gasteiger partial charge is 0.253 e. The van der Waals surface area contributed by atoms with E-state index in [0.29, 0.717) is 22.5 Å². The van der Waals surface area contributed by atoms with Crippen molar-refractivity contribution in [2.24, 2.45) is 0 Å². The Kier molecular flexibility index (Phi) is 4.42. The third-order valence-electron chi connectivity index (χ3n) is 2.54. The van der Waals surface area contributed by atoms with Crippen LogP contribution in [0.4, 0.5) is 17.5 Å². The van der Waals surface area contributed by atoms with Gasteiger partial charge in [-0.25, -0.2) is 4.98 Å². The fourth-order valence-electron chi connectivity index (χ4n) is 1.64. The number of halogens is 2. The standard InChI is InChI=1S/C13H12Cl2N4O/c1-7-5-11(16-2)19-13(17-7)18-8-3-4-10(14)9(6-8)12(15)20/h3-6H,1-2H3,(H2,16,17,18,19). The van der Waals surface area contributed by atoms with E-state index in [-0.39, 0.29) is 5.56 Å². The molecule has 2 aromatic rings. The van der Waals surface area contributed by atoms with E-state index in [2.05, 4.69) is 20.6 Å². The van der Waals surface area contributed by atoms with Crippen molar-refractivity contribution in [3.05, 3.63) is 40.5 Å². The van der Waals surface area contributed by atoms with Crippen LogP contribution in [0.25, 0.3) is 0 Å². The third kappa shape index (κ3) is 3.37. The minimum absolute atomic E-state index is 0.236. The first-order valence-corrected chi connectivity index (χ1v) is 6.55. The van der Waals surface area contributed by atoms with Crippen LogP contribution in [0, 0.1) is 6.92 Å². The number of nitrogens with zero attached hydrogens (tertiary/aromatic N) is 2. The molecular weight excluding hydrogens is 299 g/mol. The molecule has 0 radical (unpaired) electrons. The van der Waals surface area contributed by atoms with Gasteiger partial charge in [-0.1, -0.05) is 11.6 Å². The highest BCUT2D eigenvalue weighted by Gasteiger charge is 2.09. The van der Waals surface area contributed by atoms with Crippen molar-refractivity contribution in [1.29, 1.82) is 0 Å². The monoisotopic (exact) mass is 310 g/mol. The van der Waals surface area contributed by atoms with Gasteiger partial charge < -0.3 is 10.6 Å². The summed E-state index contributed by atoms with van der Waals surface area (Å²) in [5.74, 6) is 1.12. The number of anilines is 3. The summed E-state index contributed by atoms with van der Waals surface area (Å²) < 4.78 is 0. The zero-order valence-electron chi connectivity index (χ0n) is 10.9. The van der Waals surface area contributed by atoms with E-state index in [1.54, 1.807) is 25.2 Å². The van der Waals surface area contributed by atoms with Crippen molar-refractivity contribution in [3.63, 3.8) is 0 Å². The molecule has 0 saturated heterocycles. The molecule has 5 nitrogen and oxygen atoms in total. The van der Waals surface area contributed by atoms with Crippen LogP contribution in [0.2, 0.25) is 5.02 Å². The molecule has 1 heterocycles. The molecule has 0 aliphatic rings. The van der Waals surface area contributed by atoms with Gasteiger partial charge in [0.05, 0.1) is 10.6 Å². The van der Waals surface area contributed by atoms with Crippen LogP contribution in [0.15, 0.2) is 24.3 Å². The van der Waals surface area contributed by atoms with Crippen molar-refractivity contribution in [1.82, 2.24) is 9.97 Å². The van der Waals surface area contributed by atoms with Gasteiger partial charge >= 0.3 is 0 Å². The zero-order chi connectivity index (χ0) is 14.7. The molecule has 0 unspecified atom stereocenters. The number of hydrogen-bond donors (Lipinski definition) is 2. The maximum absolute atomic E-state index is 11.2. The molecule has 0 aliphatic carbocycles. The van der Waals surface area contributed by atoms with Gasteiger partial charge in [0.2, 0.25) is 5.95 Å². The van der Waals surface area contributed by atoms with Crippen molar-refractivity contribution >= 4 is 45.9 Å². The summed E-state index contributed by atoms with van der Waals surface area (Å²) in [6.07, 6.45) is 0. The molecule has 2 N–H and O–H groups in total. The average molecular weight is 311 g/mol. The van der Waals surface area contributed by atoms with Gasteiger partial charge in [-0.2, -0.15) is 4.98 Å². The number of nitrogens with one attached hydrogen (secondary N) is 2. The first-order chi connectivity index (χ1) is 9.49. The lowest BCUT2D eigenvalue weighted by atomic mass is 10.2. The zero-order valence-corrected chi connectivity index (χ0v) is 12.4. The molecular formula is C13H12Cl2N4O. The van der Waals surface area contributed by atoms with Gasteiger partial charge in [0.25, 0.3) is 5.24 Å². The van der Waals surface area contributed by atoms with Gasteiger partial charge in [-0.05, 0) is 36.7 Å². The van der Waals surface area contributed by atoms with Crippen molar-refractivity contribution in [3.8, 4) is 0 Å². The van der Waals surface area contributed by atoms with Crippen LogP contribution in [0.1, 0.15) is 16.1 Å². The summed E-state index contributed by atoms with van der Waals surface area (Å²) >= 11 is 11.4. The minimum Gasteiger partial charge on any atom is -0.373 e. The summed E-state index contributed by atoms with van der Waals surface area (Å²) in [6.45, 7) is 1.86. The second-order valence-electron chi connectivity index (χ2n) is 4.06. The maximum atomic E-state index is 11.2. The number of carbonyl (C=O) groups is 1. The van der Waals surface area contributed by atoms with Gasteiger partial charge in [0, 0.05) is 24.5 Å². The number of carbonyl (C=O) groups excluding carboxylic acids is 1. The largest absolute Gasteiger partial charge is 0.373 e. The predicted octanol–water partition coefficient (Wildman–Crippen LogP) is 3.60. The van der Waals surface area contributed by atoms with Crippen LogP contribution < -0.4 is 10.6 Å². The molecule has 104 valence electrons. The molecule has 0 spiro atoms. The van der Waals surface area contributed by atoms with E-state index < -0.39 is 5.24 Å². The van der Waals surface area contributed by atoms with E-state index in [9.17, 15) is 4.79 Å². The lowest BCUT2D eigenvalue weighted by Gasteiger charge is -2.09. The van der Waals surface area contributed by atoms with E-state index in [1.165, 1.54) is 0 Å². The van der Waals surface area contributed by atoms with Crippen LogP contribution in [-0.4, -0.2) is 22.3 Å². The highest BCUT2D eigenvalue weighted by Crippen LogP contribution is 2.24. The molecule has 20 heavy (non-hydrogen) atoms. The average Bonchev–Trinajstić information content (AvgIpc) is 2.40. The van der Waals surface area contributed by atoms with Crippen LogP contribution in [0.5, 0.6) is 0 Å². The second kappa shape index (κ2) is 6.07. The Morgan fingerprint density at radius 2 is 2.00 bits per heavy atom. The molecule has 0 fully saturated rings. The summed E-state index contributed by atoms with van der Waals surface area (Å²) in [7, 11) is 1.78. The highest BCUT2D eigenvalue weighted by molar-refractivity contribution is 6.68. The number of benzene rings is 1. The minimum atomic E-state index is -0.611. The molecule has 0 atom stereocenters. The van der Waals surface area contributed by atoms with Gasteiger partial charge in [0.1, 0.15) is 5.82 Å². The van der Waals surface area contributed by atoms with Crippen LogP contribution >= 0.6 is 23.2 Å². The predicted molar refractivity (Wildman–Crippen MR) is 81.2 cm³/mol. The Hall–Kier alpha value is -1.85. The van der Waals surface area contributed by atoms with E-state index in [1.807, 2.05) is 13.0 Å². The topological polar surface area (TPSA) is 66.9 Å². The number of rotatable bonds is 4. The lowest BCUT2D eigenvalue weighted by molar-refractivity contribution is 0.108. The Morgan fingerprint density at radius 1 is 1.25 bits per heavy atom. The molecule has 0 aliphatic heterocycles. The van der Waals surface area contributed by atoms with E-state index >= 15 is 0 Å². The normalized spacial score (nSPS) is 10.2. The lowest BCUT2D eigenvalue weighted by Crippen LogP contribution is -2.03. The molecule has 0 amide bonds. The summed E-state index contributed by atoms with van der Waals surface area (Å²) in [4.78, 5) is 19.8. The fraction of sp³-hybridized carbons (Fsp3) is 0.154. The number of hydrogen-bond acceptors (Lipinski definition) is 5. The Morgan fingerprint density at radius 3 is 2.65 bits per heavy atom. The fourth-order valence-corrected chi connectivity index (χ4v) is 2.04. The summed E-state index contributed by atoms with van der Waals surface area (Å²) in [5, 5.41) is 5.65. The Labute approximate surface area is 126 Å². The summed E-state index contributed by atoms with van der Waals surface area (Å²) in [6, 6.07) is 6.69. The van der Waals surface area contributed by atoms with Crippen molar-refractivity contribution < 1.29 is 4.79 Å². The molecule has 1 aromatic carbocycles. The summed E-state index contributed by atoms with van der Waals surface area (Å²) in [5.41, 5.74) is 1.68. The maximum Gasteiger partial charge on any atom is 0.253 e. The SMILES string of the molecule is CNc1cc(C)nc(Nc2ccc(Cl)c(C(=O)Cl)c2)n1. The van der Waals surface area contributed by atoms with Gasteiger partial charge in [-0.3, -0.25) is 4.79 Å². The first kappa shape index (κ1) is 14.6. The second-order valence-corrected chi connectivity index (χ2v) is 4.81. The molecule has 0 saturated carbocycles. The van der Waals surface area contributed by atoms with Crippen LogP contribution in [-0.2, 0) is 0 Å².